The van der Waals surface area contributed by atoms with E-state index in [2.05, 4.69) is 21.9 Å². The van der Waals surface area contributed by atoms with Gasteiger partial charge < -0.3 is 25.8 Å². The van der Waals surface area contributed by atoms with Crippen LogP contribution in [-0.2, 0) is 10.5 Å². The summed E-state index contributed by atoms with van der Waals surface area (Å²) in [4.78, 5) is 12.4. The largest absolute Gasteiger partial charge is 0.394 e. The second-order valence-electron chi connectivity index (χ2n) is 6.83. The Morgan fingerprint density at radius 2 is 1.96 bits per heavy atom. The van der Waals surface area contributed by atoms with Crippen LogP contribution in [0.25, 0.3) is 11.2 Å². The molecule has 3 rings (SSSR count). The molecule has 0 bridgehead atoms. The number of imidazole rings is 1. The fourth-order valence-electron chi connectivity index (χ4n) is 3.66. The standard InChI is InChI=1S/C17H27N5O4/c1-2-3-4-5-6-7-17(14(25)13(24)11(8-23)26-17)22-10-21-12-15(18)19-9-20-16(12)22/h9-11,13-14,23-25H,2-8H2,1H3,(H2,18,19,20)/t11-,13-,14-,17-/m1/s1. The molecule has 4 atom stereocenters. The Bertz CT molecular complexity index is 739. The number of nitrogens with zero attached hydrogens (tertiary/aromatic N) is 4. The molecule has 2 aromatic heterocycles. The van der Waals surface area contributed by atoms with Gasteiger partial charge in [0.05, 0.1) is 12.9 Å². The van der Waals surface area contributed by atoms with Gasteiger partial charge in [-0.05, 0) is 12.8 Å². The zero-order chi connectivity index (χ0) is 18.7. The molecule has 9 nitrogen and oxygen atoms in total. The van der Waals surface area contributed by atoms with E-state index in [1.54, 1.807) is 4.57 Å². The van der Waals surface area contributed by atoms with Gasteiger partial charge in [0.1, 0.15) is 30.2 Å². The minimum Gasteiger partial charge on any atom is -0.394 e. The number of hydrogen-bond acceptors (Lipinski definition) is 8. The molecule has 26 heavy (non-hydrogen) atoms. The van der Waals surface area contributed by atoms with Gasteiger partial charge in [0.2, 0.25) is 0 Å². The van der Waals surface area contributed by atoms with E-state index < -0.39 is 24.0 Å². The lowest BCUT2D eigenvalue weighted by Gasteiger charge is -2.34. The number of anilines is 1. The normalized spacial score (nSPS) is 28.8. The molecule has 0 amide bonds. The van der Waals surface area contributed by atoms with Gasteiger partial charge in [-0.3, -0.25) is 4.57 Å². The van der Waals surface area contributed by atoms with E-state index in [1.807, 2.05) is 0 Å². The van der Waals surface area contributed by atoms with Crippen LogP contribution in [0.15, 0.2) is 12.7 Å². The molecule has 0 saturated carbocycles. The van der Waals surface area contributed by atoms with E-state index in [1.165, 1.54) is 12.7 Å². The molecule has 0 aromatic carbocycles. The minimum atomic E-state index is -1.26. The van der Waals surface area contributed by atoms with E-state index in [4.69, 9.17) is 10.5 Å². The highest BCUT2D eigenvalue weighted by atomic mass is 16.6. The van der Waals surface area contributed by atoms with Crippen molar-refractivity contribution in [3.8, 4) is 0 Å². The molecule has 0 aliphatic carbocycles. The molecule has 1 aliphatic heterocycles. The number of hydrogen-bond donors (Lipinski definition) is 4. The first kappa shape index (κ1) is 19.0. The van der Waals surface area contributed by atoms with Gasteiger partial charge in [0.15, 0.2) is 17.2 Å². The smallest absolute Gasteiger partial charge is 0.176 e. The monoisotopic (exact) mass is 365 g/mol. The van der Waals surface area contributed by atoms with Gasteiger partial charge in [0.25, 0.3) is 0 Å². The first-order valence-electron chi connectivity index (χ1n) is 9.14. The Labute approximate surface area is 151 Å². The molecular formula is C17H27N5O4. The lowest BCUT2D eigenvalue weighted by atomic mass is 9.95. The second-order valence-corrected chi connectivity index (χ2v) is 6.83. The van der Waals surface area contributed by atoms with E-state index in [9.17, 15) is 15.3 Å². The summed E-state index contributed by atoms with van der Waals surface area (Å²) in [6, 6.07) is 0. The molecule has 9 heteroatoms. The highest BCUT2D eigenvalue weighted by molar-refractivity contribution is 5.81. The Hall–Kier alpha value is -1.81. The summed E-state index contributed by atoms with van der Waals surface area (Å²) in [7, 11) is 0. The van der Waals surface area contributed by atoms with E-state index in [-0.39, 0.29) is 12.4 Å². The fraction of sp³-hybridized carbons (Fsp3) is 0.706. The van der Waals surface area contributed by atoms with Crippen molar-refractivity contribution in [2.45, 2.75) is 69.5 Å². The van der Waals surface area contributed by atoms with Gasteiger partial charge in [-0.25, -0.2) is 15.0 Å². The topological polar surface area (TPSA) is 140 Å². The highest BCUT2D eigenvalue weighted by Gasteiger charge is 2.55. The second kappa shape index (κ2) is 7.83. The van der Waals surface area contributed by atoms with Crippen LogP contribution >= 0.6 is 0 Å². The third-order valence-electron chi connectivity index (χ3n) is 5.11. The zero-order valence-corrected chi connectivity index (χ0v) is 15.0. The average Bonchev–Trinajstić information content (AvgIpc) is 3.18. The van der Waals surface area contributed by atoms with Crippen LogP contribution in [0.1, 0.15) is 45.4 Å². The first-order valence-corrected chi connectivity index (χ1v) is 9.14. The lowest BCUT2D eigenvalue weighted by Crippen LogP contribution is -2.45. The maximum atomic E-state index is 10.8. The zero-order valence-electron chi connectivity index (χ0n) is 15.0. The number of ether oxygens (including phenoxy) is 1. The maximum absolute atomic E-state index is 10.8. The average molecular weight is 365 g/mol. The first-order chi connectivity index (χ1) is 12.5. The van der Waals surface area contributed by atoms with Crippen molar-refractivity contribution >= 4 is 17.0 Å². The van der Waals surface area contributed by atoms with Crippen LogP contribution < -0.4 is 5.73 Å². The number of fused-ring (bicyclic) bond motifs is 1. The summed E-state index contributed by atoms with van der Waals surface area (Å²) in [5, 5.41) is 30.7. The number of nitrogens with two attached hydrogens (primary N) is 1. The number of aliphatic hydroxyl groups excluding tert-OH is 3. The van der Waals surface area contributed by atoms with Crippen LogP contribution in [0, 0.1) is 0 Å². The number of unbranched alkanes of at least 4 members (excludes halogenated alkanes) is 4. The Balaban J connectivity index is 1.96. The molecule has 1 saturated heterocycles. The Morgan fingerprint density at radius 1 is 1.19 bits per heavy atom. The number of aliphatic hydroxyl groups is 3. The van der Waals surface area contributed by atoms with Crippen LogP contribution in [0.5, 0.6) is 0 Å². The van der Waals surface area contributed by atoms with Crippen molar-refractivity contribution in [3.63, 3.8) is 0 Å². The van der Waals surface area contributed by atoms with E-state index in [0.29, 0.717) is 17.6 Å². The van der Waals surface area contributed by atoms with Crippen molar-refractivity contribution in [3.05, 3.63) is 12.7 Å². The quantitative estimate of drug-likeness (QED) is 0.497. The lowest BCUT2D eigenvalue weighted by molar-refractivity contribution is -0.151. The summed E-state index contributed by atoms with van der Waals surface area (Å²) in [6.45, 7) is 1.76. The predicted molar refractivity (Wildman–Crippen MR) is 95.1 cm³/mol. The van der Waals surface area contributed by atoms with Gasteiger partial charge in [0, 0.05) is 0 Å². The summed E-state index contributed by atoms with van der Waals surface area (Å²) >= 11 is 0. The van der Waals surface area contributed by atoms with Crippen molar-refractivity contribution in [1.82, 2.24) is 19.5 Å². The Morgan fingerprint density at radius 3 is 2.65 bits per heavy atom. The third-order valence-corrected chi connectivity index (χ3v) is 5.11. The molecular weight excluding hydrogens is 338 g/mol. The molecule has 2 aromatic rings. The third kappa shape index (κ3) is 3.16. The van der Waals surface area contributed by atoms with Gasteiger partial charge in [-0.1, -0.05) is 32.6 Å². The van der Waals surface area contributed by atoms with Crippen molar-refractivity contribution in [2.24, 2.45) is 0 Å². The molecule has 3 heterocycles. The van der Waals surface area contributed by atoms with Gasteiger partial charge >= 0.3 is 0 Å². The molecule has 144 valence electrons. The van der Waals surface area contributed by atoms with Crippen LogP contribution in [0.4, 0.5) is 5.82 Å². The molecule has 1 aliphatic rings. The summed E-state index contributed by atoms with van der Waals surface area (Å²) in [5.74, 6) is 0.235. The molecule has 1 fully saturated rings. The minimum absolute atomic E-state index is 0.235. The molecule has 5 N–H and O–H groups in total. The van der Waals surface area contributed by atoms with Gasteiger partial charge in [-0.15, -0.1) is 0 Å². The van der Waals surface area contributed by atoms with E-state index >= 15 is 0 Å². The molecule has 0 spiro atoms. The fourth-order valence-corrected chi connectivity index (χ4v) is 3.66. The molecule has 0 unspecified atom stereocenters. The maximum Gasteiger partial charge on any atom is 0.176 e. The van der Waals surface area contributed by atoms with Crippen molar-refractivity contribution < 1.29 is 20.1 Å². The van der Waals surface area contributed by atoms with E-state index in [0.717, 1.165) is 32.1 Å². The van der Waals surface area contributed by atoms with Crippen LogP contribution in [0.3, 0.4) is 0 Å². The highest BCUT2D eigenvalue weighted by Crippen LogP contribution is 2.41. The number of rotatable bonds is 8. The van der Waals surface area contributed by atoms with Crippen LogP contribution in [-0.4, -0.2) is 59.8 Å². The summed E-state index contributed by atoms with van der Waals surface area (Å²) in [6.07, 6.45) is 5.13. The van der Waals surface area contributed by atoms with Crippen LogP contribution in [0.2, 0.25) is 0 Å². The predicted octanol–water partition coefficient (Wildman–Crippen LogP) is 0.535. The number of nitrogen functional groups attached to an aromatic ring is 1. The SMILES string of the molecule is CCCCCCC[C@@]1(n2cnc3c(N)ncnc32)O[C@H](CO)[C@@H](O)[C@H]1O. The summed E-state index contributed by atoms with van der Waals surface area (Å²) in [5.41, 5.74) is 5.45. The number of aromatic nitrogens is 4. The Kier molecular flexibility index (Phi) is 5.71. The summed E-state index contributed by atoms with van der Waals surface area (Å²) < 4.78 is 7.61. The van der Waals surface area contributed by atoms with Crippen molar-refractivity contribution in [2.75, 3.05) is 12.3 Å². The molecule has 0 radical (unpaired) electrons. The van der Waals surface area contributed by atoms with Gasteiger partial charge in [-0.2, -0.15) is 0 Å². The van der Waals surface area contributed by atoms with Crippen molar-refractivity contribution in [1.29, 1.82) is 0 Å².